The van der Waals surface area contributed by atoms with Gasteiger partial charge in [0.05, 0.1) is 0 Å². The Morgan fingerprint density at radius 2 is 2.20 bits per heavy atom. The van der Waals surface area contributed by atoms with Gasteiger partial charge in [-0.3, -0.25) is 0 Å². The summed E-state index contributed by atoms with van der Waals surface area (Å²) in [6.45, 7) is 3.64. The maximum atomic E-state index is 4.10. The van der Waals surface area contributed by atoms with E-state index in [1.54, 1.807) is 0 Å². The maximum Gasteiger partial charge on any atom is 0.0189 e. The topological polar surface area (TPSA) is 0 Å². The number of thiol groups is 1. The van der Waals surface area contributed by atoms with Gasteiger partial charge in [0.1, 0.15) is 0 Å². The second kappa shape index (κ2) is 2.79. The third kappa shape index (κ3) is 4.57. The summed E-state index contributed by atoms with van der Waals surface area (Å²) in [5, 5.41) is 0. The summed E-state index contributed by atoms with van der Waals surface area (Å²) in [5.41, 5.74) is 0. The van der Waals surface area contributed by atoms with Gasteiger partial charge in [-0.15, -0.1) is 0 Å². The van der Waals surface area contributed by atoms with Crippen molar-refractivity contribution in [1.29, 1.82) is 0 Å². The highest BCUT2D eigenvalue weighted by atomic mass is 32.1. The molecule has 0 aromatic rings. The van der Waals surface area contributed by atoms with Gasteiger partial charge in [-0.1, -0.05) is 6.92 Å². The van der Waals surface area contributed by atoms with Gasteiger partial charge in [0.2, 0.25) is 0 Å². The minimum atomic E-state index is 0.606. The van der Waals surface area contributed by atoms with Crippen molar-refractivity contribution in [2.75, 3.05) is 0 Å². The molecule has 1 radical (unpaired) electrons. The Bertz CT molecular complexity index is 20.9. The Morgan fingerprint density at radius 3 is 2.20 bits per heavy atom. The Hall–Kier alpha value is 0.567. The van der Waals surface area contributed by atoms with Crippen LogP contribution in [-0.4, -0.2) is 15.1 Å². The van der Waals surface area contributed by atoms with Crippen LogP contribution in [0.5, 0.6) is 0 Å². The first-order valence-electron chi connectivity index (χ1n) is 1.74. The molecule has 0 spiro atoms. The third-order valence-electron chi connectivity index (χ3n) is 0.418. The van der Waals surface area contributed by atoms with Gasteiger partial charge in [-0.05, 0) is 11.3 Å². The van der Waals surface area contributed by atoms with E-state index in [1.165, 1.54) is 10.2 Å². The molecule has 0 saturated heterocycles. The molecule has 0 amide bonds. The summed E-state index contributed by atoms with van der Waals surface area (Å²) in [4.78, 5) is 0.606. The van der Waals surface area contributed by atoms with E-state index in [-0.39, 0.29) is 0 Å². The SMILES string of the molecule is [CH2]CC([SiH3])S. The van der Waals surface area contributed by atoms with Crippen molar-refractivity contribution < 1.29 is 0 Å². The van der Waals surface area contributed by atoms with Gasteiger partial charge in [-0.2, -0.15) is 12.6 Å². The van der Waals surface area contributed by atoms with Crippen LogP contribution in [-0.2, 0) is 0 Å². The first-order chi connectivity index (χ1) is 2.27. The molecule has 0 aromatic carbocycles. The van der Waals surface area contributed by atoms with E-state index < -0.39 is 0 Å². The van der Waals surface area contributed by atoms with Crippen molar-refractivity contribution in [1.82, 2.24) is 0 Å². The molecule has 0 fully saturated rings. The maximum absolute atomic E-state index is 4.10. The molecule has 0 aromatic heterocycles. The van der Waals surface area contributed by atoms with E-state index in [2.05, 4.69) is 19.6 Å². The van der Waals surface area contributed by atoms with Crippen LogP contribution in [0, 0.1) is 6.92 Å². The zero-order chi connectivity index (χ0) is 4.28. The van der Waals surface area contributed by atoms with E-state index in [0.29, 0.717) is 4.87 Å². The molecule has 0 bridgehead atoms. The molecule has 0 nitrogen and oxygen atoms in total. The van der Waals surface area contributed by atoms with E-state index in [9.17, 15) is 0 Å². The molecule has 5 heavy (non-hydrogen) atoms. The first-order valence-corrected chi connectivity index (χ1v) is 3.41. The minimum absolute atomic E-state index is 0.606. The van der Waals surface area contributed by atoms with Crippen LogP contribution < -0.4 is 0 Å². The molecule has 31 valence electrons. The van der Waals surface area contributed by atoms with Gasteiger partial charge in [0.25, 0.3) is 0 Å². The van der Waals surface area contributed by atoms with Crippen molar-refractivity contribution in [3.63, 3.8) is 0 Å². The van der Waals surface area contributed by atoms with E-state index in [0.717, 1.165) is 6.42 Å². The predicted octanol–water partition coefficient (Wildman–Crippen LogP) is -0.168. The van der Waals surface area contributed by atoms with Crippen molar-refractivity contribution in [2.45, 2.75) is 11.3 Å². The van der Waals surface area contributed by atoms with E-state index in [4.69, 9.17) is 0 Å². The predicted molar refractivity (Wildman–Crippen MR) is 32.7 cm³/mol. The monoisotopic (exact) mass is 105 g/mol. The molecule has 2 heteroatoms. The second-order valence-electron chi connectivity index (χ2n) is 1.14. The quantitative estimate of drug-likeness (QED) is 0.347. The summed E-state index contributed by atoms with van der Waals surface area (Å²) in [6, 6.07) is 0. The van der Waals surface area contributed by atoms with Crippen LogP contribution >= 0.6 is 12.6 Å². The molecule has 0 rings (SSSR count). The minimum Gasteiger partial charge on any atom is -0.180 e. The van der Waals surface area contributed by atoms with Crippen LogP contribution in [0.3, 0.4) is 0 Å². The molecular formula is C3H9SSi. The Balaban J connectivity index is 2.54. The van der Waals surface area contributed by atoms with Crippen molar-refractivity contribution in [3.8, 4) is 0 Å². The van der Waals surface area contributed by atoms with Crippen LogP contribution in [0.25, 0.3) is 0 Å². The Morgan fingerprint density at radius 1 is 2.00 bits per heavy atom. The summed E-state index contributed by atoms with van der Waals surface area (Å²) in [5.74, 6) is 0. The number of hydrogen-bond acceptors (Lipinski definition) is 1. The lowest BCUT2D eigenvalue weighted by molar-refractivity contribution is 1.17. The van der Waals surface area contributed by atoms with Crippen LogP contribution in [0.2, 0.25) is 0 Å². The summed E-state index contributed by atoms with van der Waals surface area (Å²) >= 11 is 4.10. The fourth-order valence-corrected chi connectivity index (χ4v) is 0. The van der Waals surface area contributed by atoms with Gasteiger partial charge in [0.15, 0.2) is 0 Å². The largest absolute Gasteiger partial charge is 0.180 e. The molecule has 0 saturated carbocycles. The molecule has 0 N–H and O–H groups in total. The standard InChI is InChI=1S/C3H9SSi/c1-2-3(4)5/h3-4H,1-2H2,5H3. The molecule has 1 atom stereocenters. The fourth-order valence-electron chi connectivity index (χ4n) is 0. The van der Waals surface area contributed by atoms with Gasteiger partial charge in [-0.25, -0.2) is 0 Å². The number of rotatable bonds is 1. The molecule has 1 unspecified atom stereocenters. The number of hydrogen-bond donors (Lipinski definition) is 1. The lowest BCUT2D eigenvalue weighted by Crippen LogP contribution is -1.90. The zero-order valence-electron chi connectivity index (χ0n) is 3.44. The summed E-state index contributed by atoms with van der Waals surface area (Å²) in [7, 11) is 1.17. The Kier molecular flexibility index (Phi) is 3.10. The average molecular weight is 105 g/mol. The lowest BCUT2D eigenvalue weighted by atomic mass is 10.6. The van der Waals surface area contributed by atoms with Gasteiger partial charge >= 0.3 is 0 Å². The lowest BCUT2D eigenvalue weighted by Gasteiger charge is -1.89. The van der Waals surface area contributed by atoms with E-state index in [1.807, 2.05) is 0 Å². The van der Waals surface area contributed by atoms with Crippen molar-refractivity contribution in [3.05, 3.63) is 6.92 Å². The first kappa shape index (κ1) is 5.57. The fraction of sp³-hybridized carbons (Fsp3) is 0.667. The molecule has 0 aliphatic rings. The highest BCUT2D eigenvalue weighted by Crippen LogP contribution is 1.89. The summed E-state index contributed by atoms with van der Waals surface area (Å²) < 4.78 is 0. The van der Waals surface area contributed by atoms with Crippen molar-refractivity contribution >= 4 is 22.9 Å². The highest BCUT2D eigenvalue weighted by molar-refractivity contribution is 7.82. The summed E-state index contributed by atoms with van der Waals surface area (Å²) in [6.07, 6.45) is 0.981. The molecule has 0 aliphatic carbocycles. The zero-order valence-corrected chi connectivity index (χ0v) is 6.33. The Labute approximate surface area is 41.8 Å². The van der Waals surface area contributed by atoms with Crippen LogP contribution in [0.15, 0.2) is 0 Å². The molecule has 0 heterocycles. The van der Waals surface area contributed by atoms with Crippen LogP contribution in [0.1, 0.15) is 6.42 Å². The molecule has 0 aliphatic heterocycles. The highest BCUT2D eigenvalue weighted by Gasteiger charge is 1.81. The molecular weight excluding hydrogens is 96.2 g/mol. The normalized spacial score (nSPS) is 15.6. The van der Waals surface area contributed by atoms with Crippen molar-refractivity contribution in [2.24, 2.45) is 0 Å². The average Bonchev–Trinajstić information content (AvgIpc) is 1.38. The van der Waals surface area contributed by atoms with E-state index >= 15 is 0 Å². The third-order valence-corrected chi connectivity index (χ3v) is 1.25. The second-order valence-corrected chi connectivity index (χ2v) is 4.38. The van der Waals surface area contributed by atoms with Crippen LogP contribution in [0.4, 0.5) is 0 Å². The van der Waals surface area contributed by atoms with Gasteiger partial charge < -0.3 is 0 Å². The smallest absolute Gasteiger partial charge is 0.0189 e. The van der Waals surface area contributed by atoms with Gasteiger partial charge in [0, 0.05) is 10.2 Å².